The SMILES string of the molecule is CC(=O)N(C(=O)C(=O)Nc1ccc(Cl)cc1Cl)c1ccc(N)cc1. The minimum Gasteiger partial charge on any atom is -0.399 e. The second kappa shape index (κ2) is 7.33. The summed E-state index contributed by atoms with van der Waals surface area (Å²) in [5.74, 6) is -2.66. The van der Waals surface area contributed by atoms with Crippen molar-refractivity contribution in [1.29, 1.82) is 0 Å². The van der Waals surface area contributed by atoms with Crippen LogP contribution in [0.5, 0.6) is 0 Å². The molecule has 0 saturated carbocycles. The molecule has 0 aromatic heterocycles. The lowest BCUT2D eigenvalue weighted by atomic mass is 10.2. The Morgan fingerprint density at radius 2 is 1.67 bits per heavy atom. The largest absolute Gasteiger partial charge is 0.399 e. The molecule has 2 aromatic carbocycles. The van der Waals surface area contributed by atoms with E-state index in [4.69, 9.17) is 28.9 Å². The van der Waals surface area contributed by atoms with Gasteiger partial charge >= 0.3 is 11.8 Å². The molecule has 0 fully saturated rings. The first kappa shape index (κ1) is 17.8. The standard InChI is InChI=1S/C16H13Cl2N3O3/c1-9(22)21(12-5-3-11(19)4-6-12)16(24)15(23)20-14-7-2-10(17)8-13(14)18/h2-8H,19H2,1H3,(H,20,23). The molecule has 0 bridgehead atoms. The van der Waals surface area contributed by atoms with Crippen LogP contribution in [-0.4, -0.2) is 17.7 Å². The fourth-order valence-corrected chi connectivity index (χ4v) is 2.39. The Kier molecular flexibility index (Phi) is 5.43. The van der Waals surface area contributed by atoms with Gasteiger partial charge in [-0.1, -0.05) is 23.2 Å². The van der Waals surface area contributed by atoms with E-state index in [1.54, 1.807) is 0 Å². The van der Waals surface area contributed by atoms with Crippen molar-refractivity contribution in [3.8, 4) is 0 Å². The molecule has 0 heterocycles. The number of nitrogens with two attached hydrogens (primary N) is 1. The Hall–Kier alpha value is -2.57. The van der Waals surface area contributed by atoms with Crippen molar-refractivity contribution in [2.45, 2.75) is 6.92 Å². The van der Waals surface area contributed by atoms with Crippen LogP contribution in [0.1, 0.15) is 6.92 Å². The van der Waals surface area contributed by atoms with Crippen LogP contribution in [0.3, 0.4) is 0 Å². The molecule has 3 N–H and O–H groups in total. The van der Waals surface area contributed by atoms with E-state index in [0.717, 1.165) is 4.90 Å². The Balaban J connectivity index is 2.24. The Morgan fingerprint density at radius 3 is 2.21 bits per heavy atom. The summed E-state index contributed by atoms with van der Waals surface area (Å²) in [5, 5.41) is 2.91. The third-order valence-corrected chi connectivity index (χ3v) is 3.59. The van der Waals surface area contributed by atoms with Gasteiger partial charge in [-0.15, -0.1) is 0 Å². The summed E-state index contributed by atoms with van der Waals surface area (Å²) in [4.78, 5) is 37.0. The summed E-state index contributed by atoms with van der Waals surface area (Å²) in [5.41, 5.74) is 6.49. The molecule has 6 nitrogen and oxygen atoms in total. The van der Waals surface area contributed by atoms with Crippen molar-refractivity contribution in [2.75, 3.05) is 16.0 Å². The average molecular weight is 366 g/mol. The summed E-state index contributed by atoms with van der Waals surface area (Å²) in [6.45, 7) is 1.18. The zero-order valence-corrected chi connectivity index (χ0v) is 14.1. The molecule has 8 heteroatoms. The summed E-state index contributed by atoms with van der Waals surface area (Å²) in [6, 6.07) is 10.4. The van der Waals surface area contributed by atoms with E-state index < -0.39 is 17.7 Å². The first-order chi connectivity index (χ1) is 11.3. The van der Waals surface area contributed by atoms with Gasteiger partial charge in [0.1, 0.15) is 0 Å². The summed E-state index contributed by atoms with van der Waals surface area (Å²) in [6.07, 6.45) is 0. The van der Waals surface area contributed by atoms with Gasteiger partial charge in [0.2, 0.25) is 5.91 Å². The zero-order chi connectivity index (χ0) is 17.9. The van der Waals surface area contributed by atoms with Crippen LogP contribution < -0.4 is 16.0 Å². The topological polar surface area (TPSA) is 92.5 Å². The zero-order valence-electron chi connectivity index (χ0n) is 12.5. The molecule has 24 heavy (non-hydrogen) atoms. The quantitative estimate of drug-likeness (QED) is 0.631. The van der Waals surface area contributed by atoms with Gasteiger partial charge in [-0.05, 0) is 42.5 Å². The maximum Gasteiger partial charge on any atom is 0.323 e. The monoisotopic (exact) mass is 365 g/mol. The van der Waals surface area contributed by atoms with Gasteiger partial charge in [0.25, 0.3) is 0 Å². The van der Waals surface area contributed by atoms with Crippen molar-refractivity contribution >= 4 is 58.0 Å². The molecule has 0 atom stereocenters. The fourth-order valence-electron chi connectivity index (χ4n) is 1.93. The number of anilines is 3. The van der Waals surface area contributed by atoms with Gasteiger partial charge in [0.15, 0.2) is 0 Å². The molecular formula is C16H13Cl2N3O3. The van der Waals surface area contributed by atoms with Crippen molar-refractivity contribution in [2.24, 2.45) is 0 Å². The second-order valence-corrected chi connectivity index (χ2v) is 5.67. The van der Waals surface area contributed by atoms with E-state index in [1.807, 2.05) is 0 Å². The normalized spacial score (nSPS) is 10.1. The highest BCUT2D eigenvalue weighted by atomic mass is 35.5. The van der Waals surface area contributed by atoms with Crippen molar-refractivity contribution in [3.05, 3.63) is 52.5 Å². The highest BCUT2D eigenvalue weighted by Gasteiger charge is 2.27. The number of nitrogens with zero attached hydrogens (tertiary/aromatic N) is 1. The number of carbonyl (C=O) groups excluding carboxylic acids is 3. The molecule has 0 saturated heterocycles. The van der Waals surface area contributed by atoms with E-state index in [1.165, 1.54) is 49.4 Å². The molecule has 0 spiro atoms. The molecular weight excluding hydrogens is 353 g/mol. The first-order valence-corrected chi connectivity index (χ1v) is 7.52. The van der Waals surface area contributed by atoms with Crippen LogP contribution in [0.4, 0.5) is 17.1 Å². The number of amides is 3. The van der Waals surface area contributed by atoms with Gasteiger partial charge in [0.05, 0.1) is 16.4 Å². The summed E-state index contributed by atoms with van der Waals surface area (Å²) < 4.78 is 0. The van der Waals surface area contributed by atoms with Crippen LogP contribution in [-0.2, 0) is 14.4 Å². The van der Waals surface area contributed by atoms with Gasteiger partial charge in [0, 0.05) is 17.6 Å². The van der Waals surface area contributed by atoms with Gasteiger partial charge in [-0.25, -0.2) is 4.90 Å². The van der Waals surface area contributed by atoms with Crippen LogP contribution in [0.2, 0.25) is 10.0 Å². The van der Waals surface area contributed by atoms with Gasteiger partial charge < -0.3 is 11.1 Å². The van der Waals surface area contributed by atoms with Gasteiger partial charge in [-0.3, -0.25) is 14.4 Å². The predicted molar refractivity (Wildman–Crippen MR) is 94.1 cm³/mol. The minimum absolute atomic E-state index is 0.172. The lowest BCUT2D eigenvalue weighted by molar-refractivity contribution is -0.136. The second-order valence-electron chi connectivity index (χ2n) is 4.83. The van der Waals surface area contributed by atoms with E-state index in [9.17, 15) is 14.4 Å². The van der Waals surface area contributed by atoms with Crippen LogP contribution in [0.25, 0.3) is 0 Å². The van der Waals surface area contributed by atoms with E-state index >= 15 is 0 Å². The maximum atomic E-state index is 12.3. The molecule has 0 radical (unpaired) electrons. The third kappa shape index (κ3) is 4.04. The molecule has 0 aliphatic heterocycles. The number of halogens is 2. The van der Waals surface area contributed by atoms with Crippen LogP contribution in [0.15, 0.2) is 42.5 Å². The van der Waals surface area contributed by atoms with Crippen molar-refractivity contribution < 1.29 is 14.4 Å². The first-order valence-electron chi connectivity index (χ1n) is 6.76. The Labute approximate surface area is 148 Å². The average Bonchev–Trinajstić information content (AvgIpc) is 2.51. The van der Waals surface area contributed by atoms with Crippen molar-refractivity contribution in [3.63, 3.8) is 0 Å². The molecule has 0 aliphatic carbocycles. The number of benzene rings is 2. The number of rotatable bonds is 2. The third-order valence-electron chi connectivity index (χ3n) is 3.04. The molecule has 124 valence electrons. The lowest BCUT2D eigenvalue weighted by Crippen LogP contribution is -2.42. The van der Waals surface area contributed by atoms with E-state index in [0.29, 0.717) is 10.7 Å². The summed E-state index contributed by atoms with van der Waals surface area (Å²) >= 11 is 11.7. The number of imide groups is 1. The number of nitrogens with one attached hydrogen (secondary N) is 1. The fraction of sp³-hybridized carbons (Fsp3) is 0.0625. The van der Waals surface area contributed by atoms with E-state index in [2.05, 4.69) is 5.32 Å². The maximum absolute atomic E-state index is 12.3. The predicted octanol–water partition coefficient (Wildman–Crippen LogP) is 3.09. The van der Waals surface area contributed by atoms with E-state index in [-0.39, 0.29) is 16.4 Å². The molecule has 3 amide bonds. The minimum atomic E-state index is -1.04. The van der Waals surface area contributed by atoms with Gasteiger partial charge in [-0.2, -0.15) is 0 Å². The number of hydrogen-bond acceptors (Lipinski definition) is 4. The van der Waals surface area contributed by atoms with Crippen LogP contribution in [0, 0.1) is 0 Å². The van der Waals surface area contributed by atoms with Crippen molar-refractivity contribution in [1.82, 2.24) is 0 Å². The lowest BCUT2D eigenvalue weighted by Gasteiger charge is -2.19. The number of hydrogen-bond donors (Lipinski definition) is 2. The molecule has 0 aliphatic rings. The summed E-state index contributed by atoms with van der Waals surface area (Å²) in [7, 11) is 0. The molecule has 2 rings (SSSR count). The molecule has 0 unspecified atom stereocenters. The smallest absolute Gasteiger partial charge is 0.323 e. The number of carbonyl (C=O) groups is 3. The Bertz CT molecular complexity index is 807. The molecule has 2 aromatic rings. The Morgan fingerprint density at radius 1 is 1.04 bits per heavy atom. The number of nitrogen functional groups attached to an aromatic ring is 1. The highest BCUT2D eigenvalue weighted by molar-refractivity contribution is 6.49. The highest BCUT2D eigenvalue weighted by Crippen LogP contribution is 2.25. The van der Waals surface area contributed by atoms with Crippen LogP contribution >= 0.6 is 23.2 Å².